The molecule has 98 valence electrons. The van der Waals surface area contributed by atoms with Gasteiger partial charge in [0.05, 0.1) is 5.56 Å². The van der Waals surface area contributed by atoms with Crippen molar-refractivity contribution >= 4 is 37.8 Å². The molecule has 1 unspecified atom stereocenters. The zero-order chi connectivity index (χ0) is 13.1. The second-order valence-corrected chi connectivity index (χ2v) is 6.47. The van der Waals surface area contributed by atoms with Crippen molar-refractivity contribution in [3.8, 4) is 0 Å². The number of carbonyl (C=O) groups excluding carboxylic acids is 1. The lowest BCUT2D eigenvalue weighted by Crippen LogP contribution is -2.46. The number of amides is 1. The van der Waals surface area contributed by atoms with E-state index in [4.69, 9.17) is 0 Å². The van der Waals surface area contributed by atoms with Crippen LogP contribution >= 0.6 is 31.9 Å². The van der Waals surface area contributed by atoms with Gasteiger partial charge in [0.1, 0.15) is 0 Å². The van der Waals surface area contributed by atoms with Crippen molar-refractivity contribution in [2.75, 3.05) is 20.1 Å². The molecule has 0 radical (unpaired) electrons. The highest BCUT2D eigenvalue weighted by molar-refractivity contribution is 9.11. The van der Waals surface area contributed by atoms with Gasteiger partial charge in [0.25, 0.3) is 5.91 Å². The van der Waals surface area contributed by atoms with Crippen molar-refractivity contribution in [1.82, 2.24) is 10.2 Å². The van der Waals surface area contributed by atoms with Crippen molar-refractivity contribution in [2.24, 2.45) is 0 Å². The van der Waals surface area contributed by atoms with Crippen molar-refractivity contribution < 1.29 is 4.79 Å². The number of nitrogens with one attached hydrogen (secondary N) is 1. The molecule has 0 bridgehead atoms. The third-order valence-corrected chi connectivity index (χ3v) is 4.32. The molecule has 1 saturated heterocycles. The number of nitrogens with zero attached hydrogens (tertiary/aromatic N) is 1. The Hall–Kier alpha value is -0.390. The molecule has 0 saturated carbocycles. The number of hydrogen-bond acceptors (Lipinski definition) is 2. The van der Waals surface area contributed by atoms with Crippen molar-refractivity contribution in [3.63, 3.8) is 0 Å². The minimum absolute atomic E-state index is 0.0107. The van der Waals surface area contributed by atoms with Gasteiger partial charge in [-0.15, -0.1) is 0 Å². The lowest BCUT2D eigenvalue weighted by atomic mass is 10.1. The first kappa shape index (κ1) is 14.0. The van der Waals surface area contributed by atoms with E-state index in [1.807, 2.05) is 18.2 Å². The molecule has 3 nitrogen and oxygen atoms in total. The average molecular weight is 376 g/mol. The number of hydrogen-bond donors (Lipinski definition) is 1. The summed E-state index contributed by atoms with van der Waals surface area (Å²) in [6.07, 6.45) is 2.20. The minimum atomic E-state index is -0.0107. The Morgan fingerprint density at radius 2 is 2.22 bits per heavy atom. The Balaban J connectivity index is 2.05. The maximum Gasteiger partial charge on any atom is 0.252 e. The molecule has 1 amide bonds. The summed E-state index contributed by atoms with van der Waals surface area (Å²) in [7, 11) is 2.09. The van der Waals surface area contributed by atoms with Gasteiger partial charge in [0.2, 0.25) is 0 Å². The van der Waals surface area contributed by atoms with Crippen LogP contribution in [0.1, 0.15) is 23.2 Å². The van der Waals surface area contributed by atoms with Gasteiger partial charge in [0.15, 0.2) is 0 Å². The zero-order valence-corrected chi connectivity index (χ0v) is 13.4. The standard InChI is InChI=1S/C13H16Br2N2O/c1-17-6-2-3-10(8-17)16-13(18)11-7-9(14)4-5-12(11)15/h4-5,7,10H,2-3,6,8H2,1H3,(H,16,18). The normalized spacial score (nSPS) is 20.7. The average Bonchev–Trinajstić information content (AvgIpc) is 2.32. The lowest BCUT2D eigenvalue weighted by Gasteiger charge is -2.30. The van der Waals surface area contributed by atoms with Gasteiger partial charge in [-0.2, -0.15) is 0 Å². The van der Waals surface area contributed by atoms with E-state index in [2.05, 4.69) is 49.1 Å². The summed E-state index contributed by atoms with van der Waals surface area (Å²) in [6, 6.07) is 5.88. The predicted molar refractivity (Wildman–Crippen MR) is 79.8 cm³/mol. The Kier molecular flexibility index (Phi) is 4.81. The molecule has 1 aromatic rings. The van der Waals surface area contributed by atoms with E-state index in [-0.39, 0.29) is 11.9 Å². The van der Waals surface area contributed by atoms with E-state index in [0.29, 0.717) is 5.56 Å². The quantitative estimate of drug-likeness (QED) is 0.861. The fraction of sp³-hybridized carbons (Fsp3) is 0.462. The smallest absolute Gasteiger partial charge is 0.252 e. The van der Waals surface area contributed by atoms with Gasteiger partial charge in [-0.3, -0.25) is 4.79 Å². The first-order valence-corrected chi connectivity index (χ1v) is 7.59. The van der Waals surface area contributed by atoms with Crippen molar-refractivity contribution in [3.05, 3.63) is 32.7 Å². The number of rotatable bonds is 2. The number of piperidine rings is 1. The van der Waals surface area contributed by atoms with Crippen LogP contribution in [0.25, 0.3) is 0 Å². The first-order valence-electron chi connectivity index (χ1n) is 6.00. The summed E-state index contributed by atoms with van der Waals surface area (Å²) >= 11 is 6.81. The van der Waals surface area contributed by atoms with E-state index in [9.17, 15) is 4.79 Å². The predicted octanol–water partition coefficient (Wildman–Crippen LogP) is 3.04. The zero-order valence-electron chi connectivity index (χ0n) is 10.2. The third-order valence-electron chi connectivity index (χ3n) is 3.13. The fourth-order valence-electron chi connectivity index (χ4n) is 2.22. The molecule has 1 fully saturated rings. The molecule has 18 heavy (non-hydrogen) atoms. The number of halogens is 2. The summed E-state index contributed by atoms with van der Waals surface area (Å²) in [5, 5.41) is 3.10. The first-order chi connectivity index (χ1) is 8.56. The van der Waals surface area contributed by atoms with E-state index >= 15 is 0 Å². The van der Waals surface area contributed by atoms with Crippen molar-refractivity contribution in [1.29, 1.82) is 0 Å². The van der Waals surface area contributed by atoms with E-state index in [1.165, 1.54) is 0 Å². The Labute approximate surface area is 124 Å². The maximum atomic E-state index is 12.2. The largest absolute Gasteiger partial charge is 0.348 e. The highest BCUT2D eigenvalue weighted by Gasteiger charge is 2.20. The van der Waals surface area contributed by atoms with Crippen LogP contribution in [0.4, 0.5) is 0 Å². The molecule has 0 aromatic heterocycles. The highest BCUT2D eigenvalue weighted by atomic mass is 79.9. The molecule has 1 N–H and O–H groups in total. The summed E-state index contributed by atoms with van der Waals surface area (Å²) in [6.45, 7) is 2.05. The highest BCUT2D eigenvalue weighted by Crippen LogP contribution is 2.22. The Morgan fingerprint density at radius 1 is 1.44 bits per heavy atom. The van der Waals surface area contributed by atoms with Crippen LogP contribution in [0.2, 0.25) is 0 Å². The third kappa shape index (κ3) is 3.56. The molecular formula is C13H16Br2N2O. The van der Waals surface area contributed by atoms with Gasteiger partial charge in [-0.05, 0) is 60.6 Å². The lowest BCUT2D eigenvalue weighted by molar-refractivity contribution is 0.0911. The minimum Gasteiger partial charge on any atom is -0.348 e. The molecule has 1 aliphatic rings. The SMILES string of the molecule is CN1CCCC(NC(=O)c2cc(Br)ccc2Br)C1. The van der Waals surface area contributed by atoms with E-state index in [0.717, 1.165) is 34.9 Å². The second kappa shape index (κ2) is 6.17. The van der Waals surface area contributed by atoms with Crippen molar-refractivity contribution in [2.45, 2.75) is 18.9 Å². The van der Waals surface area contributed by atoms with Crippen LogP contribution < -0.4 is 5.32 Å². The van der Waals surface area contributed by atoms with Crippen LogP contribution in [0, 0.1) is 0 Å². The molecule has 2 rings (SSSR count). The summed E-state index contributed by atoms with van der Waals surface area (Å²) in [5.74, 6) is -0.0107. The van der Waals surface area contributed by atoms with Crippen LogP contribution in [0.3, 0.4) is 0 Å². The topological polar surface area (TPSA) is 32.3 Å². The number of likely N-dealkylation sites (tertiary alicyclic amines) is 1. The van der Waals surface area contributed by atoms with Crippen LogP contribution in [0.15, 0.2) is 27.1 Å². The van der Waals surface area contributed by atoms with Crippen LogP contribution in [0.5, 0.6) is 0 Å². The molecule has 0 spiro atoms. The Morgan fingerprint density at radius 3 is 2.94 bits per heavy atom. The van der Waals surface area contributed by atoms with Gasteiger partial charge in [0, 0.05) is 21.5 Å². The summed E-state index contributed by atoms with van der Waals surface area (Å²) in [5.41, 5.74) is 0.678. The van der Waals surface area contributed by atoms with E-state index in [1.54, 1.807) is 0 Å². The summed E-state index contributed by atoms with van der Waals surface area (Å²) < 4.78 is 1.74. The maximum absolute atomic E-state index is 12.2. The fourth-order valence-corrected chi connectivity index (χ4v) is 3.01. The summed E-state index contributed by atoms with van der Waals surface area (Å²) in [4.78, 5) is 14.5. The molecule has 1 atom stereocenters. The van der Waals surface area contributed by atoms with Crippen LogP contribution in [-0.2, 0) is 0 Å². The number of benzene rings is 1. The molecule has 0 aliphatic carbocycles. The van der Waals surface area contributed by atoms with Gasteiger partial charge >= 0.3 is 0 Å². The Bertz CT molecular complexity index is 451. The molecular weight excluding hydrogens is 360 g/mol. The monoisotopic (exact) mass is 374 g/mol. The van der Waals surface area contributed by atoms with Gasteiger partial charge in [-0.1, -0.05) is 15.9 Å². The van der Waals surface area contributed by atoms with E-state index < -0.39 is 0 Å². The molecule has 1 heterocycles. The second-order valence-electron chi connectivity index (χ2n) is 4.70. The number of carbonyl (C=O) groups is 1. The van der Waals surface area contributed by atoms with Gasteiger partial charge < -0.3 is 10.2 Å². The molecule has 1 aromatic carbocycles. The number of likely N-dealkylation sites (N-methyl/N-ethyl adjacent to an activating group) is 1. The molecule has 5 heteroatoms. The van der Waals surface area contributed by atoms with Gasteiger partial charge in [-0.25, -0.2) is 0 Å². The van der Waals surface area contributed by atoms with Crippen LogP contribution in [-0.4, -0.2) is 37.0 Å². The molecule has 1 aliphatic heterocycles.